The molecule has 0 spiro atoms. The van der Waals surface area contributed by atoms with Gasteiger partial charge in [-0.1, -0.05) is 18.2 Å². The van der Waals surface area contributed by atoms with Crippen molar-refractivity contribution >= 4 is 32.2 Å². The average Bonchev–Trinajstić information content (AvgIpc) is 2.77. The minimum absolute atomic E-state index is 0.541. The molecule has 2 aromatic rings. The van der Waals surface area contributed by atoms with Gasteiger partial charge in [0, 0.05) is 22.7 Å². The Balaban J connectivity index is 2.22. The summed E-state index contributed by atoms with van der Waals surface area (Å²) in [5, 5.41) is 4.01. The summed E-state index contributed by atoms with van der Waals surface area (Å²) in [6.07, 6.45) is 2.91. The van der Waals surface area contributed by atoms with Gasteiger partial charge in [0.15, 0.2) is 5.13 Å². The molecule has 7 heteroatoms. The Kier molecular flexibility index (Phi) is 4.64. The van der Waals surface area contributed by atoms with Crippen molar-refractivity contribution < 1.29 is 8.42 Å². The van der Waals surface area contributed by atoms with Gasteiger partial charge in [0.05, 0.1) is 11.9 Å². The van der Waals surface area contributed by atoms with E-state index in [1.165, 1.54) is 0 Å². The summed E-state index contributed by atoms with van der Waals surface area (Å²) in [6.45, 7) is 6.34. The van der Waals surface area contributed by atoms with Crippen LogP contribution in [0.3, 0.4) is 0 Å². The predicted molar refractivity (Wildman–Crippen MR) is 89.4 cm³/mol. The number of benzene rings is 1. The minimum atomic E-state index is -3.25. The third-order valence-electron chi connectivity index (χ3n) is 2.66. The minimum Gasteiger partial charge on any atom is -0.358 e. The van der Waals surface area contributed by atoms with Crippen LogP contribution in [-0.2, 0) is 10.0 Å². The lowest BCUT2D eigenvalue weighted by Crippen LogP contribution is -2.09. The van der Waals surface area contributed by atoms with Crippen LogP contribution in [0.25, 0.3) is 11.3 Å². The molecule has 0 radical (unpaired) electrons. The quantitative estimate of drug-likeness (QED) is 0.801. The number of hydrogen-bond acceptors (Lipinski definition) is 5. The number of aromatic nitrogens is 1. The molecule has 0 saturated carbocycles. The van der Waals surface area contributed by atoms with Gasteiger partial charge in [0.1, 0.15) is 0 Å². The van der Waals surface area contributed by atoms with Gasteiger partial charge in [-0.15, -0.1) is 17.9 Å². The lowest BCUT2D eigenvalue weighted by atomic mass is 10.1. The standard InChI is InChI=1S/C14H17N3O2S2/c1-4-9-15-14-16-13(10(2)20-14)11-5-7-12(8-6-11)17-21(3,18)19/h4-8,17H,1,9H2,2-3H3,(H,15,16). The Morgan fingerprint density at radius 1 is 1.33 bits per heavy atom. The highest BCUT2D eigenvalue weighted by atomic mass is 32.2. The molecule has 1 aromatic heterocycles. The Morgan fingerprint density at radius 2 is 2.00 bits per heavy atom. The third-order valence-corrected chi connectivity index (χ3v) is 4.19. The highest BCUT2D eigenvalue weighted by Crippen LogP contribution is 2.30. The summed E-state index contributed by atoms with van der Waals surface area (Å²) in [4.78, 5) is 5.64. The van der Waals surface area contributed by atoms with Crippen LogP contribution in [0.5, 0.6) is 0 Å². The number of hydrogen-bond donors (Lipinski definition) is 2. The van der Waals surface area contributed by atoms with Crippen molar-refractivity contribution in [2.75, 3.05) is 22.8 Å². The topological polar surface area (TPSA) is 71.1 Å². The van der Waals surface area contributed by atoms with E-state index in [2.05, 4.69) is 21.6 Å². The summed E-state index contributed by atoms with van der Waals surface area (Å²) >= 11 is 1.58. The fourth-order valence-corrected chi connectivity index (χ4v) is 3.22. The van der Waals surface area contributed by atoms with Crippen molar-refractivity contribution in [3.63, 3.8) is 0 Å². The molecule has 112 valence electrons. The van der Waals surface area contributed by atoms with Gasteiger partial charge >= 0.3 is 0 Å². The second kappa shape index (κ2) is 6.28. The zero-order valence-electron chi connectivity index (χ0n) is 11.9. The van der Waals surface area contributed by atoms with E-state index < -0.39 is 10.0 Å². The molecule has 0 saturated heterocycles. The lowest BCUT2D eigenvalue weighted by molar-refractivity contribution is 0.607. The molecule has 0 aliphatic carbocycles. The van der Waals surface area contributed by atoms with E-state index >= 15 is 0 Å². The SMILES string of the molecule is C=CCNc1nc(-c2ccc(NS(C)(=O)=O)cc2)c(C)s1. The molecule has 21 heavy (non-hydrogen) atoms. The molecule has 0 bridgehead atoms. The van der Waals surface area contributed by atoms with Crippen molar-refractivity contribution in [2.24, 2.45) is 0 Å². The molecule has 1 heterocycles. The van der Waals surface area contributed by atoms with Gasteiger partial charge in [-0.25, -0.2) is 13.4 Å². The van der Waals surface area contributed by atoms with E-state index in [9.17, 15) is 8.42 Å². The van der Waals surface area contributed by atoms with Crippen LogP contribution in [0.2, 0.25) is 0 Å². The van der Waals surface area contributed by atoms with Crippen molar-refractivity contribution in [3.8, 4) is 11.3 Å². The van der Waals surface area contributed by atoms with Gasteiger partial charge in [0.25, 0.3) is 0 Å². The van der Waals surface area contributed by atoms with Crippen LogP contribution in [0.4, 0.5) is 10.8 Å². The van der Waals surface area contributed by atoms with E-state index in [1.54, 1.807) is 29.5 Å². The second-order valence-corrected chi connectivity index (χ2v) is 7.50. The van der Waals surface area contributed by atoms with Crippen LogP contribution < -0.4 is 10.0 Å². The highest BCUT2D eigenvalue weighted by Gasteiger charge is 2.10. The Labute approximate surface area is 128 Å². The van der Waals surface area contributed by atoms with Gasteiger partial charge < -0.3 is 5.32 Å². The maximum absolute atomic E-state index is 11.2. The van der Waals surface area contributed by atoms with E-state index in [4.69, 9.17) is 0 Å². The van der Waals surface area contributed by atoms with Crippen molar-refractivity contribution in [2.45, 2.75) is 6.92 Å². The van der Waals surface area contributed by atoms with Crippen LogP contribution in [0.15, 0.2) is 36.9 Å². The number of anilines is 2. The number of rotatable bonds is 6. The lowest BCUT2D eigenvalue weighted by Gasteiger charge is -2.04. The Hall–Kier alpha value is -1.86. The molecule has 0 fully saturated rings. The third kappa shape index (κ3) is 4.30. The fraction of sp³-hybridized carbons (Fsp3) is 0.214. The molecule has 2 rings (SSSR count). The van der Waals surface area contributed by atoms with Crippen LogP contribution in [-0.4, -0.2) is 26.2 Å². The molecule has 1 aromatic carbocycles. The Morgan fingerprint density at radius 3 is 2.57 bits per heavy atom. The molecule has 5 nitrogen and oxygen atoms in total. The van der Waals surface area contributed by atoms with Crippen LogP contribution >= 0.6 is 11.3 Å². The van der Waals surface area contributed by atoms with E-state index in [1.807, 2.05) is 19.1 Å². The molecule has 0 amide bonds. The van der Waals surface area contributed by atoms with Crippen molar-refractivity contribution in [3.05, 3.63) is 41.8 Å². The normalized spacial score (nSPS) is 11.1. The number of sulfonamides is 1. The molecule has 0 unspecified atom stereocenters. The maximum atomic E-state index is 11.2. The largest absolute Gasteiger partial charge is 0.358 e. The Bertz CT molecular complexity index is 734. The highest BCUT2D eigenvalue weighted by molar-refractivity contribution is 7.92. The molecule has 0 aliphatic rings. The second-order valence-electron chi connectivity index (χ2n) is 4.54. The summed E-state index contributed by atoms with van der Waals surface area (Å²) in [5.41, 5.74) is 2.39. The first-order chi connectivity index (χ1) is 9.89. The molecule has 0 aliphatic heterocycles. The summed E-state index contributed by atoms with van der Waals surface area (Å²) < 4.78 is 24.8. The molecular weight excluding hydrogens is 306 g/mol. The zero-order valence-corrected chi connectivity index (χ0v) is 13.5. The predicted octanol–water partition coefficient (Wildman–Crippen LogP) is 3.09. The van der Waals surface area contributed by atoms with Crippen molar-refractivity contribution in [1.29, 1.82) is 0 Å². The number of thiazole rings is 1. The monoisotopic (exact) mass is 323 g/mol. The van der Waals surface area contributed by atoms with Gasteiger partial charge in [-0.05, 0) is 19.1 Å². The van der Waals surface area contributed by atoms with Gasteiger partial charge in [0.2, 0.25) is 10.0 Å². The average molecular weight is 323 g/mol. The fourth-order valence-electron chi connectivity index (χ4n) is 1.81. The zero-order chi connectivity index (χ0) is 15.5. The summed E-state index contributed by atoms with van der Waals surface area (Å²) in [6, 6.07) is 7.16. The maximum Gasteiger partial charge on any atom is 0.229 e. The summed E-state index contributed by atoms with van der Waals surface area (Å²) in [5.74, 6) is 0. The first-order valence-electron chi connectivity index (χ1n) is 6.29. The first-order valence-corrected chi connectivity index (χ1v) is 9.00. The van der Waals surface area contributed by atoms with E-state index in [-0.39, 0.29) is 0 Å². The number of nitrogens with zero attached hydrogens (tertiary/aromatic N) is 1. The molecule has 2 N–H and O–H groups in total. The summed E-state index contributed by atoms with van der Waals surface area (Å²) in [7, 11) is -3.25. The van der Waals surface area contributed by atoms with Crippen LogP contribution in [0.1, 0.15) is 4.88 Å². The molecule has 0 atom stereocenters. The van der Waals surface area contributed by atoms with Gasteiger partial charge in [-0.3, -0.25) is 4.72 Å². The molecular formula is C14H17N3O2S2. The van der Waals surface area contributed by atoms with Crippen molar-refractivity contribution in [1.82, 2.24) is 4.98 Å². The van der Waals surface area contributed by atoms with Gasteiger partial charge in [-0.2, -0.15) is 0 Å². The first kappa shape index (κ1) is 15.5. The van der Waals surface area contributed by atoms with E-state index in [0.717, 1.165) is 27.5 Å². The van der Waals surface area contributed by atoms with E-state index in [0.29, 0.717) is 12.2 Å². The number of nitrogens with one attached hydrogen (secondary N) is 2. The smallest absolute Gasteiger partial charge is 0.229 e. The number of aryl methyl sites for hydroxylation is 1. The van der Waals surface area contributed by atoms with Crippen LogP contribution in [0, 0.1) is 6.92 Å².